The second kappa shape index (κ2) is 7.17. The van der Waals surface area contributed by atoms with Gasteiger partial charge >= 0.3 is 6.09 Å². The van der Waals surface area contributed by atoms with Gasteiger partial charge in [-0.05, 0) is 29.7 Å². The lowest BCUT2D eigenvalue weighted by Gasteiger charge is -2.20. The number of benzene rings is 2. The molecule has 0 saturated carbocycles. The third kappa shape index (κ3) is 3.40. The fourth-order valence-electron chi connectivity index (χ4n) is 2.82. The highest BCUT2D eigenvalue weighted by atomic mass is 16.6. The Morgan fingerprint density at radius 3 is 2.75 bits per heavy atom. The third-order valence-electron chi connectivity index (χ3n) is 4.09. The number of nitrogens with zero attached hydrogens (tertiary/aromatic N) is 1. The molecule has 1 saturated heterocycles. The van der Waals surface area contributed by atoms with Gasteiger partial charge in [0.1, 0.15) is 18.4 Å². The fraction of sp³-hybridized carbons (Fsp3) is 0.263. The number of cyclic esters (lactones) is 1. The quantitative estimate of drug-likeness (QED) is 0.846. The molecular formula is C19H19NO4. The van der Waals surface area contributed by atoms with Gasteiger partial charge in [-0.15, -0.1) is 0 Å². The molecule has 1 heterocycles. The monoisotopic (exact) mass is 325 g/mol. The summed E-state index contributed by atoms with van der Waals surface area (Å²) in [4.78, 5) is 25.8. The van der Waals surface area contributed by atoms with E-state index < -0.39 is 6.09 Å². The number of carbonyl (C=O) groups excluding carboxylic acids is 2. The predicted molar refractivity (Wildman–Crippen MR) is 88.7 cm³/mol. The number of methoxy groups -OCH3 is 1. The van der Waals surface area contributed by atoms with E-state index in [9.17, 15) is 9.59 Å². The van der Waals surface area contributed by atoms with Crippen LogP contribution in [0.5, 0.6) is 5.75 Å². The summed E-state index contributed by atoms with van der Waals surface area (Å²) >= 11 is 0. The third-order valence-corrected chi connectivity index (χ3v) is 4.09. The van der Waals surface area contributed by atoms with E-state index in [1.807, 2.05) is 54.6 Å². The van der Waals surface area contributed by atoms with Crippen LogP contribution >= 0.6 is 0 Å². The van der Waals surface area contributed by atoms with Crippen LogP contribution in [0.1, 0.15) is 23.6 Å². The summed E-state index contributed by atoms with van der Waals surface area (Å²) in [6.07, 6.45) is 0.215. The second-order valence-corrected chi connectivity index (χ2v) is 5.62. The lowest BCUT2D eigenvalue weighted by Crippen LogP contribution is -2.34. The molecule has 1 fully saturated rings. The number of carbonyl (C=O) groups is 2. The molecule has 0 unspecified atom stereocenters. The van der Waals surface area contributed by atoms with Crippen molar-refractivity contribution in [3.8, 4) is 5.75 Å². The smallest absolute Gasteiger partial charge is 0.417 e. The Bertz CT molecular complexity index is 729. The first-order valence-electron chi connectivity index (χ1n) is 7.85. The van der Waals surface area contributed by atoms with E-state index in [1.54, 1.807) is 7.11 Å². The number of amides is 2. The van der Waals surface area contributed by atoms with Crippen LogP contribution in [-0.2, 0) is 16.0 Å². The Morgan fingerprint density at radius 1 is 1.21 bits per heavy atom. The molecule has 1 aliphatic heterocycles. The number of ether oxygens (including phenoxy) is 2. The number of rotatable bonds is 5. The zero-order valence-electron chi connectivity index (χ0n) is 13.5. The maximum Gasteiger partial charge on any atom is 0.417 e. The summed E-state index contributed by atoms with van der Waals surface area (Å²) in [7, 11) is 1.61. The Hall–Kier alpha value is -2.82. The van der Waals surface area contributed by atoms with E-state index in [-0.39, 0.29) is 25.0 Å². The molecule has 1 aliphatic rings. The van der Waals surface area contributed by atoms with Gasteiger partial charge in [-0.3, -0.25) is 4.79 Å². The molecule has 0 aliphatic carbocycles. The van der Waals surface area contributed by atoms with Crippen molar-refractivity contribution in [1.82, 2.24) is 4.90 Å². The Balaban J connectivity index is 1.69. The maximum absolute atomic E-state index is 12.6. The average Bonchev–Trinajstić information content (AvgIpc) is 3.02. The molecule has 0 radical (unpaired) electrons. The van der Waals surface area contributed by atoms with Crippen LogP contribution in [0, 0.1) is 0 Å². The fourth-order valence-corrected chi connectivity index (χ4v) is 2.82. The lowest BCUT2D eigenvalue weighted by atomic mass is 10.1. The highest BCUT2D eigenvalue weighted by molar-refractivity contribution is 5.93. The van der Waals surface area contributed by atoms with Crippen molar-refractivity contribution in [1.29, 1.82) is 0 Å². The van der Waals surface area contributed by atoms with Gasteiger partial charge < -0.3 is 9.47 Å². The Morgan fingerprint density at radius 2 is 2.00 bits per heavy atom. The molecule has 0 bridgehead atoms. The topological polar surface area (TPSA) is 55.8 Å². The second-order valence-electron chi connectivity index (χ2n) is 5.62. The molecule has 1 atom stereocenters. The highest BCUT2D eigenvalue weighted by Crippen LogP contribution is 2.28. The SMILES string of the molecule is COc1cccc(CCC(=O)N2C(=O)OC[C@H]2c2ccccc2)c1. The predicted octanol–water partition coefficient (Wildman–Crippen LogP) is 3.35. The van der Waals surface area contributed by atoms with Crippen molar-refractivity contribution < 1.29 is 19.1 Å². The van der Waals surface area contributed by atoms with E-state index in [0.717, 1.165) is 16.9 Å². The molecule has 2 aromatic rings. The van der Waals surface area contributed by atoms with E-state index in [2.05, 4.69) is 0 Å². The van der Waals surface area contributed by atoms with Gasteiger partial charge in [0, 0.05) is 6.42 Å². The van der Waals surface area contributed by atoms with Crippen molar-refractivity contribution in [2.75, 3.05) is 13.7 Å². The Labute approximate surface area is 140 Å². The van der Waals surface area contributed by atoms with Crippen molar-refractivity contribution >= 4 is 12.0 Å². The molecule has 0 N–H and O–H groups in total. The molecule has 3 rings (SSSR count). The summed E-state index contributed by atoms with van der Waals surface area (Å²) in [5.74, 6) is 0.525. The van der Waals surface area contributed by atoms with E-state index >= 15 is 0 Å². The van der Waals surface area contributed by atoms with Crippen molar-refractivity contribution in [3.63, 3.8) is 0 Å². The summed E-state index contributed by atoms with van der Waals surface area (Å²) < 4.78 is 10.3. The standard InChI is InChI=1S/C19H19NO4/c1-23-16-9-5-6-14(12-16)10-11-18(21)20-17(13-24-19(20)22)15-7-3-2-4-8-15/h2-9,12,17H,10-11,13H2,1H3/t17-/m0/s1. The molecule has 2 aromatic carbocycles. The molecule has 2 amide bonds. The normalized spacial score (nSPS) is 16.8. The van der Waals surface area contributed by atoms with Crippen LogP contribution < -0.4 is 4.74 Å². The molecule has 0 aromatic heterocycles. The number of imide groups is 1. The van der Waals surface area contributed by atoms with Crippen LogP contribution in [0.3, 0.4) is 0 Å². The first-order valence-corrected chi connectivity index (χ1v) is 7.85. The van der Waals surface area contributed by atoms with Gasteiger partial charge in [-0.25, -0.2) is 9.69 Å². The minimum atomic E-state index is -0.570. The largest absolute Gasteiger partial charge is 0.497 e. The van der Waals surface area contributed by atoms with Gasteiger partial charge in [0.15, 0.2) is 0 Å². The van der Waals surface area contributed by atoms with Gasteiger partial charge in [-0.2, -0.15) is 0 Å². The Kier molecular flexibility index (Phi) is 4.79. The van der Waals surface area contributed by atoms with E-state index in [0.29, 0.717) is 6.42 Å². The lowest BCUT2D eigenvalue weighted by molar-refractivity contribution is -0.129. The summed E-state index contributed by atoms with van der Waals surface area (Å²) in [5.41, 5.74) is 1.89. The zero-order valence-corrected chi connectivity index (χ0v) is 13.5. The summed E-state index contributed by atoms with van der Waals surface area (Å²) in [6, 6.07) is 16.7. The van der Waals surface area contributed by atoms with Crippen molar-refractivity contribution in [2.45, 2.75) is 18.9 Å². The molecule has 5 nitrogen and oxygen atoms in total. The van der Waals surface area contributed by atoms with Crippen molar-refractivity contribution in [3.05, 3.63) is 65.7 Å². The van der Waals surface area contributed by atoms with Crippen LogP contribution in [0.15, 0.2) is 54.6 Å². The van der Waals surface area contributed by atoms with Gasteiger partial charge in [0.05, 0.1) is 7.11 Å². The summed E-state index contributed by atoms with van der Waals surface area (Å²) in [6.45, 7) is 0.202. The minimum Gasteiger partial charge on any atom is -0.497 e. The first kappa shape index (κ1) is 16.1. The number of hydrogen-bond acceptors (Lipinski definition) is 4. The minimum absolute atomic E-state index is 0.202. The molecule has 24 heavy (non-hydrogen) atoms. The number of aryl methyl sites for hydroxylation is 1. The highest BCUT2D eigenvalue weighted by Gasteiger charge is 2.38. The van der Waals surface area contributed by atoms with Gasteiger partial charge in [0.2, 0.25) is 5.91 Å². The van der Waals surface area contributed by atoms with Gasteiger partial charge in [0.25, 0.3) is 0 Å². The van der Waals surface area contributed by atoms with Crippen LogP contribution in [0.25, 0.3) is 0 Å². The van der Waals surface area contributed by atoms with Crippen LogP contribution in [0.2, 0.25) is 0 Å². The van der Waals surface area contributed by atoms with E-state index in [4.69, 9.17) is 9.47 Å². The molecule has 124 valence electrons. The van der Waals surface area contributed by atoms with Crippen LogP contribution in [0.4, 0.5) is 4.79 Å². The van der Waals surface area contributed by atoms with Gasteiger partial charge in [-0.1, -0.05) is 42.5 Å². The van der Waals surface area contributed by atoms with Crippen molar-refractivity contribution in [2.24, 2.45) is 0 Å². The average molecular weight is 325 g/mol. The zero-order chi connectivity index (χ0) is 16.9. The molecule has 0 spiro atoms. The summed E-state index contributed by atoms with van der Waals surface area (Å²) in [5, 5.41) is 0. The van der Waals surface area contributed by atoms with E-state index in [1.165, 1.54) is 4.90 Å². The first-order chi connectivity index (χ1) is 11.7. The number of hydrogen-bond donors (Lipinski definition) is 0. The molecule has 5 heteroatoms. The molecular weight excluding hydrogens is 306 g/mol. The van der Waals surface area contributed by atoms with Crippen LogP contribution in [-0.4, -0.2) is 30.6 Å². The maximum atomic E-state index is 12.6.